The molecule has 1 aromatic heterocycles. The van der Waals surface area contributed by atoms with E-state index in [1.165, 1.54) is 0 Å². The first kappa shape index (κ1) is 12.1. The SMILES string of the molecule is [CH]c1cccc(Cc2[c-]cccc2)n1.[Ir]. The standard InChI is InChI=1S/C13H10N.Ir/c1-11-6-5-9-13(14-11)10-12-7-3-2-4-8-12;/h1-7,9H,10H2;/q-1;. The molecule has 2 heteroatoms. The van der Waals surface area contributed by atoms with E-state index < -0.39 is 0 Å². The van der Waals surface area contributed by atoms with Crippen molar-refractivity contribution in [3.63, 3.8) is 0 Å². The Morgan fingerprint density at radius 2 is 2.00 bits per heavy atom. The van der Waals surface area contributed by atoms with Gasteiger partial charge < -0.3 is 0 Å². The Bertz CT molecular complexity index is 412. The molecular weight excluding hydrogens is 362 g/mol. The number of pyridine rings is 1. The van der Waals surface area contributed by atoms with Gasteiger partial charge in [-0.05, 0) is 18.6 Å². The maximum atomic E-state index is 5.59. The number of hydrogen-bond donors (Lipinski definition) is 0. The van der Waals surface area contributed by atoms with E-state index in [0.29, 0.717) is 5.69 Å². The fraction of sp³-hybridized carbons (Fsp3) is 0.0769. The van der Waals surface area contributed by atoms with Gasteiger partial charge in [0, 0.05) is 38.4 Å². The van der Waals surface area contributed by atoms with Gasteiger partial charge in [-0.1, -0.05) is 6.07 Å². The number of rotatable bonds is 2. The zero-order valence-electron chi connectivity index (χ0n) is 8.11. The van der Waals surface area contributed by atoms with E-state index in [2.05, 4.69) is 11.1 Å². The van der Waals surface area contributed by atoms with Crippen molar-refractivity contribution in [3.8, 4) is 0 Å². The largest absolute Gasteiger partial charge is 0.257 e. The first-order valence-electron chi connectivity index (χ1n) is 4.51. The van der Waals surface area contributed by atoms with Gasteiger partial charge in [0.25, 0.3) is 0 Å². The van der Waals surface area contributed by atoms with E-state index >= 15 is 0 Å². The molecule has 0 aliphatic rings. The summed E-state index contributed by atoms with van der Waals surface area (Å²) >= 11 is 0. The van der Waals surface area contributed by atoms with E-state index in [1.54, 1.807) is 6.07 Å². The molecule has 0 amide bonds. The van der Waals surface area contributed by atoms with Gasteiger partial charge in [0.1, 0.15) is 0 Å². The van der Waals surface area contributed by atoms with Crippen LogP contribution in [-0.2, 0) is 26.5 Å². The van der Waals surface area contributed by atoms with Crippen LogP contribution in [0.1, 0.15) is 17.0 Å². The van der Waals surface area contributed by atoms with Gasteiger partial charge in [0.2, 0.25) is 0 Å². The molecule has 77 valence electrons. The second kappa shape index (κ2) is 5.79. The van der Waals surface area contributed by atoms with Gasteiger partial charge >= 0.3 is 0 Å². The van der Waals surface area contributed by atoms with Crippen molar-refractivity contribution in [2.75, 3.05) is 0 Å². The summed E-state index contributed by atoms with van der Waals surface area (Å²) in [7, 11) is 0. The monoisotopic (exact) mass is 373 g/mol. The molecule has 0 saturated heterocycles. The molecule has 0 aliphatic heterocycles. The molecule has 2 aromatic rings. The first-order valence-corrected chi connectivity index (χ1v) is 4.51. The Balaban J connectivity index is 0.00000112. The number of benzene rings is 1. The van der Waals surface area contributed by atoms with Crippen LogP contribution in [0.4, 0.5) is 0 Å². The van der Waals surface area contributed by atoms with Gasteiger partial charge in [0.15, 0.2) is 0 Å². The van der Waals surface area contributed by atoms with E-state index in [-0.39, 0.29) is 20.1 Å². The second-order valence-electron chi connectivity index (χ2n) is 3.12. The van der Waals surface area contributed by atoms with E-state index in [0.717, 1.165) is 17.7 Å². The Labute approximate surface area is 104 Å². The number of nitrogens with zero attached hydrogens (tertiary/aromatic N) is 1. The van der Waals surface area contributed by atoms with Crippen molar-refractivity contribution in [1.82, 2.24) is 4.98 Å². The summed E-state index contributed by atoms with van der Waals surface area (Å²) in [5.41, 5.74) is 2.68. The quantitative estimate of drug-likeness (QED) is 0.739. The topological polar surface area (TPSA) is 12.9 Å². The predicted octanol–water partition coefficient (Wildman–Crippen LogP) is 2.53. The first-order chi connectivity index (χ1) is 6.84. The summed E-state index contributed by atoms with van der Waals surface area (Å²) in [5.74, 6) is 0. The van der Waals surface area contributed by atoms with Crippen LogP contribution in [0, 0.1) is 13.0 Å². The molecule has 3 radical (unpaired) electrons. The summed E-state index contributed by atoms with van der Waals surface area (Å²) in [4.78, 5) is 4.23. The van der Waals surface area contributed by atoms with E-state index in [1.807, 2.05) is 36.4 Å². The molecule has 1 heterocycles. The number of aromatic nitrogens is 1. The Morgan fingerprint density at radius 3 is 2.67 bits per heavy atom. The Kier molecular flexibility index (Phi) is 4.67. The average molecular weight is 372 g/mol. The third kappa shape index (κ3) is 3.58. The Hall–Kier alpha value is -0.981. The fourth-order valence-corrected chi connectivity index (χ4v) is 1.33. The Morgan fingerprint density at radius 1 is 1.13 bits per heavy atom. The molecule has 0 aliphatic carbocycles. The van der Waals surface area contributed by atoms with Crippen molar-refractivity contribution in [2.45, 2.75) is 6.42 Å². The summed E-state index contributed by atoms with van der Waals surface area (Å²) in [6.45, 7) is 5.59. The van der Waals surface area contributed by atoms with Crippen LogP contribution in [0.3, 0.4) is 0 Å². The van der Waals surface area contributed by atoms with Gasteiger partial charge in [-0.3, -0.25) is 4.98 Å². The fourth-order valence-electron chi connectivity index (χ4n) is 1.33. The second-order valence-corrected chi connectivity index (χ2v) is 3.12. The summed E-state index contributed by atoms with van der Waals surface area (Å²) in [5, 5.41) is 0. The van der Waals surface area contributed by atoms with Crippen molar-refractivity contribution >= 4 is 0 Å². The maximum Gasteiger partial charge on any atom is 0.0451 e. The predicted molar refractivity (Wildman–Crippen MR) is 55.7 cm³/mol. The zero-order chi connectivity index (χ0) is 9.80. The van der Waals surface area contributed by atoms with E-state index in [4.69, 9.17) is 6.92 Å². The molecule has 0 fully saturated rings. The van der Waals surface area contributed by atoms with Crippen LogP contribution in [0.2, 0.25) is 0 Å². The summed E-state index contributed by atoms with van der Waals surface area (Å²) in [6.07, 6.45) is 0.784. The minimum Gasteiger partial charge on any atom is -0.257 e. The summed E-state index contributed by atoms with van der Waals surface area (Å²) in [6, 6.07) is 16.7. The van der Waals surface area contributed by atoms with Crippen molar-refractivity contribution in [1.29, 1.82) is 0 Å². The van der Waals surface area contributed by atoms with Crippen LogP contribution < -0.4 is 0 Å². The molecule has 0 bridgehead atoms. The van der Waals surface area contributed by atoms with Crippen LogP contribution in [0.15, 0.2) is 42.5 Å². The third-order valence-electron chi connectivity index (χ3n) is 1.97. The molecule has 15 heavy (non-hydrogen) atoms. The van der Waals surface area contributed by atoms with Crippen LogP contribution in [-0.4, -0.2) is 4.98 Å². The maximum absolute atomic E-state index is 5.59. The molecule has 2 rings (SSSR count). The van der Waals surface area contributed by atoms with Crippen molar-refractivity contribution in [2.24, 2.45) is 0 Å². The van der Waals surface area contributed by atoms with Gasteiger partial charge in [-0.2, -0.15) is 35.9 Å². The van der Waals surface area contributed by atoms with Crippen LogP contribution in [0.25, 0.3) is 0 Å². The van der Waals surface area contributed by atoms with Crippen LogP contribution in [0.5, 0.6) is 0 Å². The molecule has 1 aromatic carbocycles. The van der Waals surface area contributed by atoms with Gasteiger partial charge in [-0.15, -0.1) is 0 Å². The van der Waals surface area contributed by atoms with Crippen molar-refractivity contribution < 1.29 is 20.1 Å². The van der Waals surface area contributed by atoms with Crippen molar-refractivity contribution in [3.05, 3.63) is 72.4 Å². The minimum absolute atomic E-state index is 0. The van der Waals surface area contributed by atoms with Gasteiger partial charge in [-0.25, -0.2) is 0 Å². The van der Waals surface area contributed by atoms with Gasteiger partial charge in [0.05, 0.1) is 0 Å². The molecule has 0 spiro atoms. The molecule has 0 saturated carbocycles. The third-order valence-corrected chi connectivity index (χ3v) is 1.97. The average Bonchev–Trinajstić information content (AvgIpc) is 2.19. The molecule has 0 atom stereocenters. The molecule has 0 N–H and O–H groups in total. The normalized spacial score (nSPS) is 9.40. The smallest absolute Gasteiger partial charge is 0.0451 e. The molecule has 1 nitrogen and oxygen atoms in total. The summed E-state index contributed by atoms with van der Waals surface area (Å²) < 4.78 is 0. The van der Waals surface area contributed by atoms with Crippen LogP contribution >= 0.6 is 0 Å². The minimum atomic E-state index is 0. The molecular formula is C13H10IrN-. The van der Waals surface area contributed by atoms with E-state index in [9.17, 15) is 0 Å². The zero-order valence-corrected chi connectivity index (χ0v) is 10.5. The molecule has 0 unspecified atom stereocenters. The number of hydrogen-bond acceptors (Lipinski definition) is 1.